The minimum Gasteiger partial charge on any atom is -0.497 e. The van der Waals surface area contributed by atoms with Crippen molar-refractivity contribution in [3.05, 3.63) is 82.8 Å². The van der Waals surface area contributed by atoms with Crippen molar-refractivity contribution in [1.29, 1.82) is 0 Å². The molecule has 3 unspecified atom stereocenters. The summed E-state index contributed by atoms with van der Waals surface area (Å²) in [5, 5.41) is 4.04. The van der Waals surface area contributed by atoms with E-state index in [1.165, 1.54) is 6.20 Å². The molecule has 0 saturated carbocycles. The molecule has 11 nitrogen and oxygen atoms in total. The number of ether oxygens (including phenoxy) is 4. The van der Waals surface area contributed by atoms with Gasteiger partial charge in [-0.25, -0.2) is 4.79 Å². The first kappa shape index (κ1) is 32.6. The maximum absolute atomic E-state index is 14.3. The minimum atomic E-state index is -1.02. The van der Waals surface area contributed by atoms with E-state index in [0.29, 0.717) is 46.5 Å². The van der Waals surface area contributed by atoms with Gasteiger partial charge < -0.3 is 28.8 Å². The third kappa shape index (κ3) is 5.90. The number of nitrogens with zero attached hydrogens (tertiary/aromatic N) is 3. The van der Waals surface area contributed by atoms with E-state index >= 15 is 0 Å². The van der Waals surface area contributed by atoms with Gasteiger partial charge in [0.2, 0.25) is 12.2 Å². The van der Waals surface area contributed by atoms with Crippen LogP contribution < -0.4 is 25.0 Å². The van der Waals surface area contributed by atoms with Crippen molar-refractivity contribution in [3.8, 4) is 17.2 Å². The van der Waals surface area contributed by atoms with Crippen LogP contribution >= 0.6 is 0 Å². The number of benzene rings is 2. The summed E-state index contributed by atoms with van der Waals surface area (Å²) in [4.78, 5) is 48.8. The molecule has 1 amide bonds. The van der Waals surface area contributed by atoms with Gasteiger partial charge in [0.15, 0.2) is 11.5 Å². The van der Waals surface area contributed by atoms with E-state index in [-0.39, 0.29) is 24.3 Å². The molecule has 4 aliphatic heterocycles. The molecule has 4 aromatic rings. The number of pyridine rings is 2. The van der Waals surface area contributed by atoms with Crippen LogP contribution in [0.3, 0.4) is 0 Å². The first-order valence-electron chi connectivity index (χ1n) is 17.0. The number of carbonyl (C=O) groups is 2. The summed E-state index contributed by atoms with van der Waals surface area (Å²) in [7, 11) is 1.62. The molecule has 6 heterocycles. The van der Waals surface area contributed by atoms with Crippen molar-refractivity contribution in [2.24, 2.45) is 17.8 Å². The van der Waals surface area contributed by atoms with Crippen LogP contribution in [0.5, 0.6) is 17.2 Å². The number of hydrogen-bond donors (Lipinski definition) is 1. The van der Waals surface area contributed by atoms with Crippen LogP contribution in [0.4, 0.5) is 0 Å². The fourth-order valence-electron chi connectivity index (χ4n) is 7.68. The Morgan fingerprint density at radius 1 is 1.14 bits per heavy atom. The first-order chi connectivity index (χ1) is 23.7. The van der Waals surface area contributed by atoms with Gasteiger partial charge in [-0.15, -0.1) is 6.58 Å². The Bertz CT molecular complexity index is 2010. The van der Waals surface area contributed by atoms with E-state index < -0.39 is 29.5 Å². The summed E-state index contributed by atoms with van der Waals surface area (Å²) in [5.41, 5.74) is 1.70. The molecule has 256 valence electrons. The third-order valence-corrected chi connectivity index (χ3v) is 10.4. The van der Waals surface area contributed by atoms with E-state index in [1.807, 2.05) is 55.7 Å². The first-order valence-corrected chi connectivity index (χ1v) is 17.0. The molecular formula is C38H42N4O7. The summed E-state index contributed by atoms with van der Waals surface area (Å²) in [5.74, 6) is 0.947. The fraction of sp³-hybridized carbons (Fsp3) is 0.421. The Hall–Kier alpha value is -4.90. The Morgan fingerprint density at radius 2 is 1.94 bits per heavy atom. The van der Waals surface area contributed by atoms with Crippen molar-refractivity contribution < 1.29 is 28.5 Å². The average molecular weight is 667 g/mol. The predicted molar refractivity (Wildman–Crippen MR) is 185 cm³/mol. The van der Waals surface area contributed by atoms with E-state index in [0.717, 1.165) is 42.4 Å². The molecule has 3 fully saturated rings. The average Bonchev–Trinajstić information content (AvgIpc) is 3.59. The van der Waals surface area contributed by atoms with Crippen LogP contribution in [0.15, 0.2) is 66.2 Å². The minimum absolute atomic E-state index is 0.0649. The highest BCUT2D eigenvalue weighted by Gasteiger charge is 2.45. The molecule has 2 bridgehead atoms. The molecule has 0 radical (unpaired) electrons. The lowest BCUT2D eigenvalue weighted by Gasteiger charge is -2.51. The second kappa shape index (κ2) is 13.2. The van der Waals surface area contributed by atoms with Crippen LogP contribution in [0, 0.1) is 17.8 Å². The lowest BCUT2D eigenvalue weighted by molar-refractivity contribution is -0.160. The lowest BCUT2D eigenvalue weighted by atomic mass is 9.73. The van der Waals surface area contributed by atoms with E-state index in [2.05, 4.69) is 21.8 Å². The fourth-order valence-corrected chi connectivity index (χ4v) is 7.68. The molecule has 8 rings (SSSR count). The lowest BCUT2D eigenvalue weighted by Crippen LogP contribution is -2.56. The van der Waals surface area contributed by atoms with Crippen molar-refractivity contribution in [3.63, 3.8) is 0 Å². The van der Waals surface area contributed by atoms with Gasteiger partial charge in [0, 0.05) is 42.5 Å². The number of methoxy groups -OCH3 is 1. The number of aromatic nitrogens is 2. The van der Waals surface area contributed by atoms with Crippen LogP contribution in [-0.2, 0) is 16.1 Å². The Morgan fingerprint density at radius 3 is 2.63 bits per heavy atom. The number of aryl methyl sites for hydroxylation is 1. The maximum Gasteiger partial charge on any atom is 0.329 e. The SMILES string of the molecule is C=CC1CN2CC[C@H]1CC2[C@H](OC(=O)[C@@H](NC(=O)c1cn(CC)c2cc3c(cc2c1=O)OCO3)C(C)C)c1ccnc2ccc(OC)cc12. The van der Waals surface area contributed by atoms with Crippen molar-refractivity contribution in [2.45, 2.75) is 58.3 Å². The van der Waals surface area contributed by atoms with Crippen molar-refractivity contribution >= 4 is 33.7 Å². The molecule has 2 aromatic carbocycles. The maximum atomic E-state index is 14.3. The Kier molecular flexibility index (Phi) is 8.79. The highest BCUT2D eigenvalue weighted by atomic mass is 16.7. The molecule has 49 heavy (non-hydrogen) atoms. The smallest absolute Gasteiger partial charge is 0.329 e. The number of fused-ring (bicyclic) bond motifs is 6. The summed E-state index contributed by atoms with van der Waals surface area (Å²) < 4.78 is 24.9. The third-order valence-electron chi connectivity index (χ3n) is 10.4. The zero-order valence-corrected chi connectivity index (χ0v) is 28.3. The molecule has 3 saturated heterocycles. The topological polar surface area (TPSA) is 121 Å². The van der Waals surface area contributed by atoms with E-state index in [9.17, 15) is 14.4 Å². The van der Waals surface area contributed by atoms with Gasteiger partial charge in [-0.3, -0.25) is 19.5 Å². The molecule has 11 heteroatoms. The summed E-state index contributed by atoms with van der Waals surface area (Å²) >= 11 is 0. The van der Waals surface area contributed by atoms with E-state index in [4.69, 9.17) is 18.9 Å². The number of esters is 1. The molecule has 1 N–H and O–H groups in total. The normalized spacial score (nSPS) is 22.2. The monoisotopic (exact) mass is 666 g/mol. The molecule has 0 aliphatic carbocycles. The van der Waals surface area contributed by atoms with Gasteiger partial charge in [-0.05, 0) is 74.4 Å². The molecule has 6 atom stereocenters. The Labute approximate surface area is 284 Å². The molecule has 0 spiro atoms. The van der Waals surface area contributed by atoms with Crippen molar-refractivity contribution in [2.75, 3.05) is 27.0 Å². The Balaban J connectivity index is 1.22. The number of nitrogens with one attached hydrogen (secondary N) is 1. The second-order valence-electron chi connectivity index (χ2n) is 13.5. The molecular weight excluding hydrogens is 624 g/mol. The van der Waals surface area contributed by atoms with Crippen molar-refractivity contribution in [1.82, 2.24) is 19.8 Å². The van der Waals surface area contributed by atoms with Gasteiger partial charge in [-0.2, -0.15) is 0 Å². The number of amides is 1. The molecule has 2 aromatic heterocycles. The highest BCUT2D eigenvalue weighted by Crippen LogP contribution is 2.44. The van der Waals surface area contributed by atoms with E-state index in [1.54, 1.807) is 25.4 Å². The van der Waals surface area contributed by atoms with Crippen LogP contribution in [0.1, 0.15) is 55.6 Å². The van der Waals surface area contributed by atoms with Gasteiger partial charge in [0.25, 0.3) is 5.91 Å². The molecule has 4 aliphatic rings. The summed E-state index contributed by atoms with van der Waals surface area (Å²) in [6, 6.07) is 9.86. The highest BCUT2D eigenvalue weighted by molar-refractivity contribution is 5.99. The van der Waals surface area contributed by atoms with Crippen LogP contribution in [0.2, 0.25) is 0 Å². The zero-order chi connectivity index (χ0) is 34.4. The van der Waals surface area contributed by atoms with Crippen LogP contribution in [0.25, 0.3) is 21.8 Å². The number of rotatable bonds is 10. The number of hydrogen-bond acceptors (Lipinski definition) is 9. The quantitative estimate of drug-likeness (QED) is 0.179. The number of carbonyl (C=O) groups excluding carboxylic acids is 2. The van der Waals surface area contributed by atoms with Crippen LogP contribution in [-0.4, -0.2) is 65.4 Å². The standard InChI is InChI=1S/C38H42N4O7/c1-6-22-18-42-13-11-23(22)14-31(42)36(25-10-12-39-29-9-8-24(46-5)15-26(25)29)49-38(45)34(21(3)4)40-37(44)28-19-41(7-2)30-17-33-32(47-20-48-33)16-27(30)35(28)43/h6,8-10,12,15-17,19,21-23,31,34,36H,1,7,11,13-14,18,20H2,2-5H3,(H,40,44)/t22?,23-,31?,34-,36+/m0/s1. The summed E-state index contributed by atoms with van der Waals surface area (Å²) in [6.45, 7) is 12.0. The predicted octanol–water partition coefficient (Wildman–Crippen LogP) is 5.24. The number of piperidine rings is 3. The van der Waals surface area contributed by atoms with Gasteiger partial charge in [-0.1, -0.05) is 19.9 Å². The van der Waals surface area contributed by atoms with Gasteiger partial charge in [0.05, 0.1) is 29.6 Å². The van der Waals surface area contributed by atoms with Gasteiger partial charge >= 0.3 is 5.97 Å². The summed E-state index contributed by atoms with van der Waals surface area (Å²) in [6.07, 6.45) is 6.57. The zero-order valence-electron chi connectivity index (χ0n) is 28.3. The second-order valence-corrected chi connectivity index (χ2v) is 13.5. The largest absolute Gasteiger partial charge is 0.497 e. The van der Waals surface area contributed by atoms with Gasteiger partial charge in [0.1, 0.15) is 23.5 Å².